The van der Waals surface area contributed by atoms with Gasteiger partial charge in [0.25, 0.3) is 0 Å². The molecule has 0 radical (unpaired) electrons. The van der Waals surface area contributed by atoms with Crippen molar-refractivity contribution in [1.29, 1.82) is 0 Å². The van der Waals surface area contributed by atoms with Gasteiger partial charge in [-0.05, 0) is 38.0 Å². The second-order valence-corrected chi connectivity index (χ2v) is 10.5. The molecule has 1 atom stereocenters. The van der Waals surface area contributed by atoms with Gasteiger partial charge in [0.15, 0.2) is 0 Å². The number of nitrogens with one attached hydrogen (secondary N) is 1. The highest BCUT2D eigenvalue weighted by molar-refractivity contribution is 7.89. The van der Waals surface area contributed by atoms with Crippen molar-refractivity contribution in [1.82, 2.24) is 4.72 Å². The summed E-state index contributed by atoms with van der Waals surface area (Å²) in [5.74, 6) is 0.433. The molecule has 1 saturated carbocycles. The lowest BCUT2D eigenvalue weighted by Crippen LogP contribution is -2.41. The number of amides is 1. The van der Waals surface area contributed by atoms with Gasteiger partial charge in [-0.25, -0.2) is 13.1 Å². The largest absolute Gasteiger partial charge is 0.487 e. The molecular weight excluding hydrogens is 400 g/mol. The second-order valence-electron chi connectivity index (χ2n) is 8.77. The standard InChI is InChI=1S/C23H36N2O4S/c1-18-17-25(19(2)26)22-16-21(14-15-23(22)29-18)30(27,28)24-20-12-10-8-6-4-3-5-7-9-11-13-20/h14-16,18,20,24H,3-13,17H2,1-2H3. The van der Waals surface area contributed by atoms with E-state index in [1.807, 2.05) is 6.92 Å². The van der Waals surface area contributed by atoms with Crippen LogP contribution in [0.25, 0.3) is 0 Å². The third-order valence-corrected chi connectivity index (χ3v) is 7.62. The molecule has 1 N–H and O–H groups in total. The number of sulfonamides is 1. The third kappa shape index (κ3) is 6.20. The van der Waals surface area contributed by atoms with Crippen molar-refractivity contribution in [2.45, 2.75) is 102 Å². The summed E-state index contributed by atoms with van der Waals surface area (Å²) in [6.45, 7) is 3.81. The minimum atomic E-state index is -3.67. The minimum Gasteiger partial charge on any atom is -0.487 e. The fourth-order valence-electron chi connectivity index (χ4n) is 4.45. The van der Waals surface area contributed by atoms with Crippen LogP contribution in [0.3, 0.4) is 0 Å². The molecule has 6 nitrogen and oxygen atoms in total. The molecule has 3 rings (SSSR count). The predicted octanol–water partition coefficient (Wildman–Crippen LogP) is 4.77. The van der Waals surface area contributed by atoms with Crippen LogP contribution in [-0.4, -0.2) is 33.0 Å². The van der Waals surface area contributed by atoms with Gasteiger partial charge in [-0.1, -0.05) is 57.8 Å². The average Bonchev–Trinajstić information content (AvgIpc) is 2.68. The van der Waals surface area contributed by atoms with Gasteiger partial charge in [-0.3, -0.25) is 4.79 Å². The average molecular weight is 437 g/mol. The van der Waals surface area contributed by atoms with Crippen LogP contribution in [-0.2, 0) is 14.8 Å². The summed E-state index contributed by atoms with van der Waals surface area (Å²) in [6.07, 6.45) is 12.5. The van der Waals surface area contributed by atoms with Crippen LogP contribution in [0, 0.1) is 0 Å². The molecule has 0 bridgehead atoms. The molecule has 7 heteroatoms. The van der Waals surface area contributed by atoms with Crippen molar-refractivity contribution < 1.29 is 17.9 Å². The second kappa shape index (κ2) is 10.6. The molecule has 1 aromatic rings. The van der Waals surface area contributed by atoms with E-state index in [4.69, 9.17) is 4.74 Å². The molecule has 30 heavy (non-hydrogen) atoms. The van der Waals surface area contributed by atoms with E-state index < -0.39 is 10.0 Å². The predicted molar refractivity (Wildman–Crippen MR) is 119 cm³/mol. The van der Waals surface area contributed by atoms with E-state index in [9.17, 15) is 13.2 Å². The Hall–Kier alpha value is -1.60. The van der Waals surface area contributed by atoms with Crippen LogP contribution < -0.4 is 14.4 Å². The van der Waals surface area contributed by atoms with Gasteiger partial charge in [0.2, 0.25) is 15.9 Å². The van der Waals surface area contributed by atoms with Crippen molar-refractivity contribution >= 4 is 21.6 Å². The van der Waals surface area contributed by atoms with Crippen LogP contribution in [0.2, 0.25) is 0 Å². The highest BCUT2D eigenvalue weighted by Gasteiger charge is 2.28. The van der Waals surface area contributed by atoms with Gasteiger partial charge in [-0.15, -0.1) is 0 Å². The lowest BCUT2D eigenvalue weighted by atomic mass is 9.98. The van der Waals surface area contributed by atoms with Gasteiger partial charge in [0, 0.05) is 13.0 Å². The van der Waals surface area contributed by atoms with E-state index in [-0.39, 0.29) is 22.9 Å². The Labute approximate surface area is 181 Å². The number of ether oxygens (including phenoxy) is 1. The number of rotatable bonds is 3. The van der Waals surface area contributed by atoms with E-state index in [2.05, 4.69) is 4.72 Å². The van der Waals surface area contributed by atoms with Gasteiger partial charge in [0.1, 0.15) is 11.9 Å². The first-order valence-electron chi connectivity index (χ1n) is 11.5. The summed E-state index contributed by atoms with van der Waals surface area (Å²) in [7, 11) is -3.67. The number of fused-ring (bicyclic) bond motifs is 1. The minimum absolute atomic E-state index is 0.0364. The molecule has 0 spiro atoms. The topological polar surface area (TPSA) is 75.7 Å². The van der Waals surface area contributed by atoms with Crippen LogP contribution in [0.4, 0.5) is 5.69 Å². The molecule has 0 saturated heterocycles. The van der Waals surface area contributed by atoms with Gasteiger partial charge < -0.3 is 9.64 Å². The molecule has 1 aromatic carbocycles. The highest BCUT2D eigenvalue weighted by atomic mass is 32.2. The Balaban J connectivity index is 1.75. The SMILES string of the molecule is CC(=O)N1CC(C)Oc2ccc(S(=O)(=O)NC3CCCCCCCCCCC3)cc21. The number of hydrogen-bond donors (Lipinski definition) is 1. The first-order chi connectivity index (χ1) is 14.4. The Kier molecular flexibility index (Phi) is 8.17. The molecule has 1 unspecified atom stereocenters. The molecule has 1 aliphatic heterocycles. The summed E-state index contributed by atoms with van der Waals surface area (Å²) in [5.41, 5.74) is 0.530. The Morgan fingerprint density at radius 2 is 1.57 bits per heavy atom. The Morgan fingerprint density at radius 1 is 1.00 bits per heavy atom. The van der Waals surface area contributed by atoms with E-state index in [0.717, 1.165) is 25.7 Å². The van der Waals surface area contributed by atoms with E-state index in [1.165, 1.54) is 51.9 Å². The number of carbonyl (C=O) groups is 1. The molecule has 0 aromatic heterocycles. The van der Waals surface area contributed by atoms with Crippen LogP contribution in [0.5, 0.6) is 5.75 Å². The fraction of sp³-hybridized carbons (Fsp3) is 0.696. The monoisotopic (exact) mass is 436 g/mol. The lowest BCUT2D eigenvalue weighted by molar-refractivity contribution is -0.117. The number of anilines is 1. The molecular formula is C23H36N2O4S. The molecule has 1 fully saturated rings. The first kappa shape index (κ1) is 23.1. The van der Waals surface area contributed by atoms with Crippen LogP contribution in [0.15, 0.2) is 23.1 Å². The quantitative estimate of drug-likeness (QED) is 0.740. The Morgan fingerprint density at radius 3 is 2.13 bits per heavy atom. The molecule has 1 heterocycles. The first-order valence-corrected chi connectivity index (χ1v) is 13.0. The lowest BCUT2D eigenvalue weighted by Gasteiger charge is -2.33. The third-order valence-electron chi connectivity index (χ3n) is 6.11. The van der Waals surface area contributed by atoms with Crippen molar-refractivity contribution in [2.24, 2.45) is 0 Å². The van der Waals surface area contributed by atoms with Crippen molar-refractivity contribution in [2.75, 3.05) is 11.4 Å². The van der Waals surface area contributed by atoms with E-state index in [0.29, 0.717) is 18.0 Å². The Bertz CT molecular complexity index is 812. The number of hydrogen-bond acceptors (Lipinski definition) is 4. The summed E-state index contributed by atoms with van der Waals surface area (Å²) in [6, 6.07) is 4.77. The summed E-state index contributed by atoms with van der Waals surface area (Å²) in [5, 5.41) is 0. The number of benzene rings is 1. The van der Waals surface area contributed by atoms with Crippen molar-refractivity contribution in [3.63, 3.8) is 0 Å². The molecule has 2 aliphatic rings. The smallest absolute Gasteiger partial charge is 0.240 e. The zero-order chi connectivity index (χ0) is 21.6. The van der Waals surface area contributed by atoms with Gasteiger partial charge in [-0.2, -0.15) is 0 Å². The van der Waals surface area contributed by atoms with E-state index >= 15 is 0 Å². The maximum atomic E-state index is 13.1. The normalized spacial score (nSPS) is 22.3. The molecule has 168 valence electrons. The maximum absolute atomic E-state index is 13.1. The zero-order valence-electron chi connectivity index (χ0n) is 18.4. The van der Waals surface area contributed by atoms with Crippen molar-refractivity contribution in [3.05, 3.63) is 18.2 Å². The van der Waals surface area contributed by atoms with Crippen LogP contribution >= 0.6 is 0 Å². The van der Waals surface area contributed by atoms with Gasteiger partial charge >= 0.3 is 0 Å². The number of nitrogens with zero attached hydrogens (tertiary/aromatic N) is 1. The number of carbonyl (C=O) groups excluding carboxylic acids is 1. The fourth-order valence-corrected chi connectivity index (χ4v) is 5.78. The zero-order valence-corrected chi connectivity index (χ0v) is 19.2. The molecule has 1 aliphatic carbocycles. The van der Waals surface area contributed by atoms with Crippen molar-refractivity contribution in [3.8, 4) is 5.75 Å². The van der Waals surface area contributed by atoms with Gasteiger partial charge in [0.05, 0.1) is 17.1 Å². The summed E-state index contributed by atoms with van der Waals surface area (Å²) < 4.78 is 35.0. The summed E-state index contributed by atoms with van der Waals surface area (Å²) >= 11 is 0. The highest BCUT2D eigenvalue weighted by Crippen LogP contribution is 2.35. The summed E-state index contributed by atoms with van der Waals surface area (Å²) in [4.78, 5) is 13.9. The van der Waals surface area contributed by atoms with Crippen LogP contribution in [0.1, 0.15) is 84.5 Å². The maximum Gasteiger partial charge on any atom is 0.240 e. The molecule has 1 amide bonds. The van der Waals surface area contributed by atoms with E-state index in [1.54, 1.807) is 23.1 Å².